The number of likely N-dealkylation sites (N-methyl/N-ethyl adjacent to an activating group) is 1. The van der Waals surface area contributed by atoms with Crippen LogP contribution in [0.5, 0.6) is 0 Å². The van der Waals surface area contributed by atoms with E-state index in [1.165, 1.54) is 5.56 Å². The normalized spacial score (nSPS) is 15.2. The Morgan fingerprint density at radius 2 is 2.27 bits per heavy atom. The van der Waals surface area contributed by atoms with Crippen molar-refractivity contribution >= 4 is 0 Å². The summed E-state index contributed by atoms with van der Waals surface area (Å²) in [5.74, 6) is 0. The number of aromatic nitrogens is 2. The smallest absolute Gasteiger partial charge is 0.0742 e. The summed E-state index contributed by atoms with van der Waals surface area (Å²) in [7, 11) is 1.95. The summed E-state index contributed by atoms with van der Waals surface area (Å²) < 4.78 is 7.52. The third-order valence-corrected chi connectivity index (χ3v) is 2.55. The molecule has 4 heteroatoms. The minimum Gasteiger partial charge on any atom is -0.377 e. The molecule has 1 rings (SSSR count). The van der Waals surface area contributed by atoms with Gasteiger partial charge in [0, 0.05) is 24.9 Å². The van der Waals surface area contributed by atoms with Crippen LogP contribution in [0, 0.1) is 0 Å². The quantitative estimate of drug-likeness (QED) is 0.776. The summed E-state index contributed by atoms with van der Waals surface area (Å²) in [5.41, 5.74) is 1.18. The van der Waals surface area contributed by atoms with Crippen molar-refractivity contribution in [1.82, 2.24) is 15.1 Å². The van der Waals surface area contributed by atoms with Crippen LogP contribution < -0.4 is 5.32 Å². The first-order valence-electron chi connectivity index (χ1n) is 5.54. The van der Waals surface area contributed by atoms with Crippen molar-refractivity contribution in [2.24, 2.45) is 0 Å². The molecule has 0 saturated carbocycles. The second-order valence-electron chi connectivity index (χ2n) is 3.56. The maximum Gasteiger partial charge on any atom is 0.0742 e. The van der Waals surface area contributed by atoms with Crippen LogP contribution in [0.1, 0.15) is 32.4 Å². The van der Waals surface area contributed by atoms with E-state index in [0.717, 1.165) is 13.2 Å². The van der Waals surface area contributed by atoms with Crippen molar-refractivity contribution in [3.63, 3.8) is 0 Å². The Labute approximate surface area is 91.6 Å². The average molecular weight is 211 g/mol. The zero-order valence-electron chi connectivity index (χ0n) is 10.0. The molecule has 1 heterocycles. The molecule has 0 aromatic carbocycles. The number of aryl methyl sites for hydroxylation is 1. The van der Waals surface area contributed by atoms with Gasteiger partial charge in [0.2, 0.25) is 0 Å². The molecule has 4 nitrogen and oxygen atoms in total. The van der Waals surface area contributed by atoms with Gasteiger partial charge in [-0.3, -0.25) is 4.68 Å². The van der Waals surface area contributed by atoms with Crippen LogP contribution in [0.25, 0.3) is 0 Å². The molecule has 0 amide bonds. The summed E-state index contributed by atoms with van der Waals surface area (Å²) in [6.07, 6.45) is 4.13. The van der Waals surface area contributed by atoms with Gasteiger partial charge in [-0.1, -0.05) is 0 Å². The van der Waals surface area contributed by atoms with Crippen LogP contribution >= 0.6 is 0 Å². The molecule has 86 valence electrons. The second kappa shape index (κ2) is 5.88. The Morgan fingerprint density at radius 3 is 2.73 bits per heavy atom. The Kier molecular flexibility index (Phi) is 4.78. The van der Waals surface area contributed by atoms with Crippen LogP contribution in [0.15, 0.2) is 12.4 Å². The monoisotopic (exact) mass is 211 g/mol. The van der Waals surface area contributed by atoms with Crippen LogP contribution in [-0.2, 0) is 11.3 Å². The maximum absolute atomic E-state index is 5.59. The third kappa shape index (κ3) is 3.04. The molecule has 0 aliphatic carbocycles. The fraction of sp³-hybridized carbons (Fsp3) is 0.727. The SMILES string of the molecule is CCOC(C)C(NC)c1cnn(CC)c1. The topological polar surface area (TPSA) is 39.1 Å². The zero-order valence-corrected chi connectivity index (χ0v) is 10.0. The molecule has 15 heavy (non-hydrogen) atoms. The molecule has 2 atom stereocenters. The lowest BCUT2D eigenvalue weighted by molar-refractivity contribution is 0.0493. The van der Waals surface area contributed by atoms with Crippen LogP contribution in [0.2, 0.25) is 0 Å². The lowest BCUT2D eigenvalue weighted by Gasteiger charge is -2.22. The van der Waals surface area contributed by atoms with E-state index in [1.807, 2.05) is 24.9 Å². The highest BCUT2D eigenvalue weighted by molar-refractivity contribution is 5.11. The van der Waals surface area contributed by atoms with E-state index in [1.54, 1.807) is 0 Å². The number of rotatable bonds is 6. The Balaban J connectivity index is 2.72. The predicted octanol–water partition coefficient (Wildman–Crippen LogP) is 1.59. The number of hydrogen-bond donors (Lipinski definition) is 1. The lowest BCUT2D eigenvalue weighted by Crippen LogP contribution is -2.29. The molecular formula is C11H21N3O. The van der Waals surface area contributed by atoms with Crippen molar-refractivity contribution in [3.05, 3.63) is 18.0 Å². The van der Waals surface area contributed by atoms with Crippen LogP contribution in [-0.4, -0.2) is 29.5 Å². The Hall–Kier alpha value is -0.870. The molecule has 1 aromatic rings. The van der Waals surface area contributed by atoms with E-state index < -0.39 is 0 Å². The van der Waals surface area contributed by atoms with Crippen LogP contribution in [0.4, 0.5) is 0 Å². The average Bonchev–Trinajstić information content (AvgIpc) is 2.68. The van der Waals surface area contributed by atoms with Gasteiger partial charge in [-0.05, 0) is 27.8 Å². The Bertz CT molecular complexity index is 285. The predicted molar refractivity (Wildman–Crippen MR) is 60.8 cm³/mol. The van der Waals surface area contributed by atoms with Gasteiger partial charge in [0.1, 0.15) is 0 Å². The summed E-state index contributed by atoms with van der Waals surface area (Å²) in [5, 5.41) is 7.53. The van der Waals surface area contributed by atoms with E-state index in [9.17, 15) is 0 Å². The van der Waals surface area contributed by atoms with Crippen molar-refractivity contribution in [3.8, 4) is 0 Å². The summed E-state index contributed by atoms with van der Waals surface area (Å²) >= 11 is 0. The number of nitrogens with zero attached hydrogens (tertiary/aromatic N) is 2. The molecule has 0 spiro atoms. The molecule has 0 aliphatic heterocycles. The maximum atomic E-state index is 5.59. The lowest BCUT2D eigenvalue weighted by atomic mass is 10.1. The molecule has 0 radical (unpaired) electrons. The van der Waals surface area contributed by atoms with Gasteiger partial charge in [0.15, 0.2) is 0 Å². The van der Waals surface area contributed by atoms with Crippen molar-refractivity contribution in [2.75, 3.05) is 13.7 Å². The first kappa shape index (κ1) is 12.2. The molecule has 0 aliphatic rings. The highest BCUT2D eigenvalue weighted by Crippen LogP contribution is 2.18. The molecule has 1 aromatic heterocycles. The number of ether oxygens (including phenoxy) is 1. The fourth-order valence-electron chi connectivity index (χ4n) is 1.74. The standard InChI is InChI=1S/C11H21N3O/c1-5-14-8-10(7-13-14)11(12-4)9(3)15-6-2/h7-9,11-12H,5-6H2,1-4H3. The highest BCUT2D eigenvalue weighted by Gasteiger charge is 2.18. The van der Waals surface area contributed by atoms with Gasteiger partial charge in [0.05, 0.1) is 18.3 Å². The van der Waals surface area contributed by atoms with Crippen molar-refractivity contribution in [2.45, 2.75) is 39.5 Å². The minimum absolute atomic E-state index is 0.162. The molecule has 0 bridgehead atoms. The first-order chi connectivity index (χ1) is 7.22. The second-order valence-corrected chi connectivity index (χ2v) is 3.56. The summed E-state index contributed by atoms with van der Waals surface area (Å²) in [6.45, 7) is 7.81. The zero-order chi connectivity index (χ0) is 11.3. The van der Waals surface area contributed by atoms with E-state index in [0.29, 0.717) is 0 Å². The van der Waals surface area contributed by atoms with Crippen molar-refractivity contribution in [1.29, 1.82) is 0 Å². The van der Waals surface area contributed by atoms with Gasteiger partial charge in [0.25, 0.3) is 0 Å². The molecule has 0 saturated heterocycles. The van der Waals surface area contributed by atoms with Gasteiger partial charge in [-0.2, -0.15) is 5.10 Å². The Morgan fingerprint density at radius 1 is 1.53 bits per heavy atom. The van der Waals surface area contributed by atoms with Crippen LogP contribution in [0.3, 0.4) is 0 Å². The fourth-order valence-corrected chi connectivity index (χ4v) is 1.74. The molecular weight excluding hydrogens is 190 g/mol. The first-order valence-corrected chi connectivity index (χ1v) is 5.54. The van der Waals surface area contributed by atoms with Gasteiger partial charge >= 0.3 is 0 Å². The van der Waals surface area contributed by atoms with Gasteiger partial charge in [-0.15, -0.1) is 0 Å². The number of nitrogens with one attached hydrogen (secondary N) is 1. The largest absolute Gasteiger partial charge is 0.377 e. The summed E-state index contributed by atoms with van der Waals surface area (Å²) in [4.78, 5) is 0. The summed E-state index contributed by atoms with van der Waals surface area (Å²) in [6, 6.07) is 0.213. The van der Waals surface area contributed by atoms with Crippen molar-refractivity contribution < 1.29 is 4.74 Å². The molecule has 1 N–H and O–H groups in total. The third-order valence-electron chi connectivity index (χ3n) is 2.55. The van der Waals surface area contributed by atoms with Gasteiger partial charge in [-0.25, -0.2) is 0 Å². The molecule has 2 unspecified atom stereocenters. The van der Waals surface area contributed by atoms with E-state index >= 15 is 0 Å². The number of hydrogen-bond acceptors (Lipinski definition) is 3. The van der Waals surface area contributed by atoms with Gasteiger partial charge < -0.3 is 10.1 Å². The molecule has 0 fully saturated rings. The highest BCUT2D eigenvalue weighted by atomic mass is 16.5. The van der Waals surface area contributed by atoms with E-state index in [4.69, 9.17) is 4.74 Å². The van der Waals surface area contributed by atoms with E-state index in [2.05, 4.69) is 30.5 Å². The van der Waals surface area contributed by atoms with E-state index in [-0.39, 0.29) is 12.1 Å². The minimum atomic E-state index is 0.162.